The molecule has 0 saturated carbocycles. The van der Waals surface area contributed by atoms with Gasteiger partial charge in [0.15, 0.2) is 6.17 Å². The SMILES string of the molecule is CC(C)CC(C)ON(C(=O)/C=C/c1nc2c(O)cccc2s1)C1CN(C2CCN(CCCCOP(O)O)C2)C(=O)CN1C=O. The first-order chi connectivity index (χ1) is 21.0. The van der Waals surface area contributed by atoms with Crippen LogP contribution in [0.5, 0.6) is 5.75 Å². The van der Waals surface area contributed by atoms with Gasteiger partial charge in [-0.05, 0) is 63.3 Å². The second-order valence-electron chi connectivity index (χ2n) is 11.6. The minimum Gasteiger partial charge on any atom is -0.506 e. The number of para-hydroxylation sites is 1. The van der Waals surface area contributed by atoms with Gasteiger partial charge in [-0.2, -0.15) is 5.06 Å². The molecule has 242 valence electrons. The molecule has 3 heterocycles. The Kier molecular flexibility index (Phi) is 12.4. The quantitative estimate of drug-likeness (QED) is 0.0861. The third kappa shape index (κ3) is 9.16. The van der Waals surface area contributed by atoms with Gasteiger partial charge in [-0.3, -0.25) is 19.2 Å². The minimum atomic E-state index is -2.34. The lowest BCUT2D eigenvalue weighted by molar-refractivity contribution is -0.241. The Morgan fingerprint density at radius 3 is 2.75 bits per heavy atom. The van der Waals surface area contributed by atoms with Crippen molar-refractivity contribution in [3.8, 4) is 5.75 Å². The number of benzene rings is 1. The first kappa shape index (κ1) is 34.2. The van der Waals surface area contributed by atoms with E-state index >= 15 is 0 Å². The summed E-state index contributed by atoms with van der Waals surface area (Å²) in [5.41, 5.74) is 0.459. The summed E-state index contributed by atoms with van der Waals surface area (Å²) in [5, 5.41) is 11.9. The van der Waals surface area contributed by atoms with E-state index in [1.54, 1.807) is 23.1 Å². The maximum absolute atomic E-state index is 13.7. The Balaban J connectivity index is 1.48. The summed E-state index contributed by atoms with van der Waals surface area (Å²) in [7, 11) is -2.34. The molecule has 2 saturated heterocycles. The number of aromatic hydroxyl groups is 1. The monoisotopic (exact) mass is 651 g/mol. The molecule has 2 aliphatic rings. The molecular weight excluding hydrogens is 609 g/mol. The van der Waals surface area contributed by atoms with Gasteiger partial charge in [-0.1, -0.05) is 19.9 Å². The molecule has 0 radical (unpaired) electrons. The van der Waals surface area contributed by atoms with E-state index in [0.29, 0.717) is 42.2 Å². The largest absolute Gasteiger partial charge is 0.506 e. The summed E-state index contributed by atoms with van der Waals surface area (Å²) in [6, 6.07) is 5.05. The van der Waals surface area contributed by atoms with Crippen molar-refractivity contribution in [2.45, 2.75) is 64.8 Å². The molecule has 13 nitrogen and oxygen atoms in total. The highest BCUT2D eigenvalue weighted by atomic mass is 32.1. The number of piperazine rings is 1. The molecule has 3 unspecified atom stereocenters. The van der Waals surface area contributed by atoms with E-state index in [1.165, 1.54) is 27.4 Å². The molecule has 2 aliphatic heterocycles. The molecule has 0 bridgehead atoms. The van der Waals surface area contributed by atoms with Crippen LogP contribution in [0.4, 0.5) is 0 Å². The second-order valence-corrected chi connectivity index (χ2v) is 13.4. The van der Waals surface area contributed by atoms with E-state index < -0.39 is 20.7 Å². The number of thiazole rings is 1. The minimum absolute atomic E-state index is 0.0625. The average Bonchev–Trinajstić information content (AvgIpc) is 3.62. The lowest BCUT2D eigenvalue weighted by Crippen LogP contribution is -2.65. The van der Waals surface area contributed by atoms with Crippen LogP contribution in [-0.2, 0) is 23.7 Å². The Morgan fingerprint density at radius 1 is 1.25 bits per heavy atom. The Hall–Kier alpha value is -2.71. The Bertz CT molecular complexity index is 1310. The molecule has 15 heteroatoms. The van der Waals surface area contributed by atoms with Gasteiger partial charge in [-0.25, -0.2) is 4.98 Å². The van der Waals surface area contributed by atoms with Crippen molar-refractivity contribution in [3.63, 3.8) is 0 Å². The normalized spacial score (nSPS) is 20.5. The summed E-state index contributed by atoms with van der Waals surface area (Å²) >= 11 is 1.33. The van der Waals surface area contributed by atoms with Crippen molar-refractivity contribution in [2.24, 2.45) is 5.92 Å². The van der Waals surface area contributed by atoms with Crippen molar-refractivity contribution >= 4 is 54.5 Å². The van der Waals surface area contributed by atoms with E-state index in [0.717, 1.165) is 30.6 Å². The average molecular weight is 652 g/mol. The summed E-state index contributed by atoms with van der Waals surface area (Å²) in [4.78, 5) is 72.8. The van der Waals surface area contributed by atoms with Crippen LogP contribution >= 0.6 is 19.9 Å². The summed E-state index contributed by atoms with van der Waals surface area (Å²) in [6.07, 6.45) is 5.29. The molecule has 1 aromatic carbocycles. The lowest BCUT2D eigenvalue weighted by Gasteiger charge is -2.45. The number of carbonyl (C=O) groups excluding carboxylic acids is 3. The molecule has 4 rings (SSSR count). The summed E-state index contributed by atoms with van der Waals surface area (Å²) in [5.74, 6) is -0.294. The zero-order valence-corrected chi connectivity index (χ0v) is 27.0. The highest BCUT2D eigenvalue weighted by Crippen LogP contribution is 2.30. The molecule has 3 N–H and O–H groups in total. The summed E-state index contributed by atoms with van der Waals surface area (Å²) in [6.45, 7) is 8.47. The van der Waals surface area contributed by atoms with Gasteiger partial charge in [-0.15, -0.1) is 11.3 Å². The van der Waals surface area contributed by atoms with E-state index in [1.807, 2.05) is 13.0 Å². The predicted octanol–water partition coefficient (Wildman–Crippen LogP) is 2.92. The lowest BCUT2D eigenvalue weighted by atomic mass is 10.1. The standard InChI is InChI=1S/C29H42N5O8PS/c1-20(2)15-21(3)42-34(27(37)10-9-25-30-29-23(36)7-6-8-24(29)44-25)26-17-33(28(38)18-32(26)19-35)22-11-13-31(16-22)12-4-5-14-41-43(39)40/h6-10,19-22,26,36,39-40H,4-5,11-18H2,1-3H3/b10-9+. The number of likely N-dealkylation sites (tertiary alicyclic amines) is 1. The smallest absolute Gasteiger partial charge is 0.327 e. The number of phenolic OH excluding ortho intramolecular Hbond substituents is 1. The van der Waals surface area contributed by atoms with Crippen LogP contribution in [0.25, 0.3) is 16.3 Å². The topological polar surface area (TPSA) is 156 Å². The van der Waals surface area contributed by atoms with Crippen LogP contribution in [-0.4, -0.2) is 116 Å². The van der Waals surface area contributed by atoms with Crippen molar-refractivity contribution < 1.29 is 38.6 Å². The molecule has 3 atom stereocenters. The number of hydroxylamine groups is 2. The van der Waals surface area contributed by atoms with E-state index in [-0.39, 0.29) is 43.5 Å². The van der Waals surface area contributed by atoms with Crippen LogP contribution < -0.4 is 0 Å². The van der Waals surface area contributed by atoms with Crippen LogP contribution in [0.2, 0.25) is 0 Å². The summed E-state index contributed by atoms with van der Waals surface area (Å²) < 4.78 is 5.62. The molecule has 0 spiro atoms. The second kappa shape index (κ2) is 16.0. The number of fused-ring (bicyclic) bond motifs is 1. The van der Waals surface area contributed by atoms with Crippen molar-refractivity contribution in [1.82, 2.24) is 24.7 Å². The third-order valence-electron chi connectivity index (χ3n) is 7.65. The van der Waals surface area contributed by atoms with E-state index in [2.05, 4.69) is 23.7 Å². The molecule has 44 heavy (non-hydrogen) atoms. The van der Waals surface area contributed by atoms with E-state index in [9.17, 15) is 19.5 Å². The highest BCUT2D eigenvalue weighted by molar-refractivity contribution is 7.39. The zero-order valence-electron chi connectivity index (χ0n) is 25.3. The van der Waals surface area contributed by atoms with Crippen molar-refractivity contribution in [1.29, 1.82) is 0 Å². The number of unbranched alkanes of at least 4 members (excludes halogenated alkanes) is 1. The zero-order chi connectivity index (χ0) is 31.8. The number of aromatic nitrogens is 1. The third-order valence-corrected chi connectivity index (χ3v) is 9.05. The molecular formula is C29H42N5O8PS. The van der Waals surface area contributed by atoms with Gasteiger partial charge in [0.1, 0.15) is 22.8 Å². The van der Waals surface area contributed by atoms with Gasteiger partial charge < -0.3 is 34.1 Å². The van der Waals surface area contributed by atoms with Crippen molar-refractivity contribution in [3.05, 3.63) is 29.3 Å². The highest BCUT2D eigenvalue weighted by Gasteiger charge is 2.42. The predicted molar refractivity (Wildman–Crippen MR) is 167 cm³/mol. The number of amides is 3. The number of rotatable bonds is 15. The Labute approximate surface area is 262 Å². The van der Waals surface area contributed by atoms with Crippen molar-refractivity contribution in [2.75, 3.05) is 39.3 Å². The van der Waals surface area contributed by atoms with Crippen LogP contribution in [0.1, 0.15) is 51.5 Å². The molecule has 1 aromatic heterocycles. The van der Waals surface area contributed by atoms with Crippen LogP contribution in [0, 0.1) is 5.92 Å². The first-order valence-electron chi connectivity index (χ1n) is 14.9. The number of carbonyl (C=O) groups is 3. The van der Waals surface area contributed by atoms with Crippen LogP contribution in [0.15, 0.2) is 24.3 Å². The van der Waals surface area contributed by atoms with Gasteiger partial charge in [0.2, 0.25) is 12.3 Å². The van der Waals surface area contributed by atoms with Gasteiger partial charge in [0, 0.05) is 25.2 Å². The van der Waals surface area contributed by atoms with Gasteiger partial charge in [0.05, 0.1) is 24.0 Å². The number of nitrogens with zero attached hydrogens (tertiary/aromatic N) is 5. The maximum Gasteiger partial charge on any atom is 0.327 e. The number of phenols is 1. The fraction of sp³-hybridized carbons (Fsp3) is 0.586. The first-order valence-corrected chi connectivity index (χ1v) is 16.8. The van der Waals surface area contributed by atoms with Gasteiger partial charge >= 0.3 is 8.60 Å². The number of hydrogen-bond acceptors (Lipinski definition) is 11. The number of hydrogen-bond donors (Lipinski definition) is 3. The Morgan fingerprint density at radius 2 is 2.05 bits per heavy atom. The maximum atomic E-state index is 13.7. The molecule has 2 fully saturated rings. The van der Waals surface area contributed by atoms with E-state index in [4.69, 9.17) is 19.1 Å². The van der Waals surface area contributed by atoms with Gasteiger partial charge in [0.25, 0.3) is 5.91 Å². The molecule has 2 aromatic rings. The van der Waals surface area contributed by atoms with Crippen LogP contribution in [0.3, 0.4) is 0 Å². The fourth-order valence-electron chi connectivity index (χ4n) is 5.67. The fourth-order valence-corrected chi connectivity index (χ4v) is 6.85. The molecule has 0 aliphatic carbocycles. The molecule has 3 amide bonds.